The first-order valence-corrected chi connectivity index (χ1v) is 7.84. The molecule has 1 aromatic carbocycles. The highest BCUT2D eigenvalue weighted by Crippen LogP contribution is 2.20. The van der Waals surface area contributed by atoms with Gasteiger partial charge in [0.2, 0.25) is 0 Å². The number of hydrogen-bond donors (Lipinski definition) is 2. The van der Waals surface area contributed by atoms with Crippen LogP contribution in [0.15, 0.2) is 18.2 Å². The molecule has 0 amide bonds. The molecule has 0 saturated carbocycles. The van der Waals surface area contributed by atoms with E-state index >= 15 is 0 Å². The molecule has 0 heterocycles. The number of nitrogen functional groups attached to an aromatic ring is 1. The normalized spacial score (nSPS) is 11.4. The van der Waals surface area contributed by atoms with Crippen molar-refractivity contribution < 1.29 is 8.42 Å². The molecule has 4 nitrogen and oxygen atoms in total. The second kappa shape index (κ2) is 5.72. The van der Waals surface area contributed by atoms with E-state index in [1.54, 1.807) is 6.92 Å². The van der Waals surface area contributed by atoms with E-state index in [1.807, 2.05) is 18.2 Å². The van der Waals surface area contributed by atoms with Gasteiger partial charge in [0.1, 0.15) is 0 Å². The lowest BCUT2D eigenvalue weighted by Gasteiger charge is -2.09. The molecule has 0 aliphatic heterocycles. The quantitative estimate of drug-likeness (QED) is 0.624. The molecule has 1 rings (SSSR count). The van der Waals surface area contributed by atoms with Gasteiger partial charge in [0, 0.05) is 15.9 Å². The van der Waals surface area contributed by atoms with Gasteiger partial charge in [-0.15, -0.1) is 0 Å². The Balaban J connectivity index is 2.56. The molecule has 0 spiro atoms. The molecule has 6 heteroatoms. The number of anilines is 2. The van der Waals surface area contributed by atoms with E-state index in [9.17, 15) is 8.42 Å². The Bertz CT molecular complexity index is 460. The van der Waals surface area contributed by atoms with Gasteiger partial charge < -0.3 is 11.1 Å². The number of rotatable bonds is 5. The van der Waals surface area contributed by atoms with Crippen molar-refractivity contribution in [2.75, 3.05) is 29.1 Å². The predicted molar refractivity (Wildman–Crippen MR) is 76.4 cm³/mol. The lowest BCUT2D eigenvalue weighted by atomic mass is 10.3. The van der Waals surface area contributed by atoms with Gasteiger partial charge in [0.25, 0.3) is 0 Å². The minimum atomic E-state index is -2.92. The molecule has 90 valence electrons. The monoisotopic (exact) mass is 354 g/mol. The zero-order chi connectivity index (χ0) is 12.2. The van der Waals surface area contributed by atoms with E-state index in [0.717, 1.165) is 9.26 Å². The van der Waals surface area contributed by atoms with E-state index in [0.29, 0.717) is 12.2 Å². The van der Waals surface area contributed by atoms with E-state index in [1.165, 1.54) is 0 Å². The number of sulfone groups is 1. The molecular formula is C10H15IN2O2S. The van der Waals surface area contributed by atoms with Crippen LogP contribution in [-0.4, -0.2) is 26.5 Å². The summed E-state index contributed by atoms with van der Waals surface area (Å²) in [4.78, 5) is 0. The van der Waals surface area contributed by atoms with Crippen molar-refractivity contribution in [2.24, 2.45) is 0 Å². The number of benzene rings is 1. The Kier molecular flexibility index (Phi) is 4.85. The Hall–Kier alpha value is -0.500. The highest BCUT2D eigenvalue weighted by Gasteiger charge is 2.07. The number of halogens is 1. The summed E-state index contributed by atoms with van der Waals surface area (Å²) in [7, 11) is -2.92. The zero-order valence-corrected chi connectivity index (χ0v) is 12.0. The third kappa shape index (κ3) is 4.17. The second-order valence-electron chi connectivity index (χ2n) is 3.39. The summed E-state index contributed by atoms with van der Waals surface area (Å²) in [5, 5.41) is 3.02. The maximum absolute atomic E-state index is 11.3. The topological polar surface area (TPSA) is 72.2 Å². The minimum absolute atomic E-state index is 0.134. The van der Waals surface area contributed by atoms with Crippen molar-refractivity contribution in [3.05, 3.63) is 21.8 Å². The molecule has 16 heavy (non-hydrogen) atoms. The van der Waals surface area contributed by atoms with Crippen LogP contribution in [0, 0.1) is 3.57 Å². The van der Waals surface area contributed by atoms with Gasteiger partial charge in [0.05, 0.1) is 17.1 Å². The molecule has 0 aliphatic carbocycles. The van der Waals surface area contributed by atoms with Crippen molar-refractivity contribution in [1.29, 1.82) is 0 Å². The minimum Gasteiger partial charge on any atom is -0.397 e. The van der Waals surface area contributed by atoms with E-state index in [4.69, 9.17) is 5.73 Å². The van der Waals surface area contributed by atoms with Crippen LogP contribution in [0.25, 0.3) is 0 Å². The van der Waals surface area contributed by atoms with Gasteiger partial charge in [-0.05, 0) is 40.8 Å². The average molecular weight is 354 g/mol. The first-order valence-electron chi connectivity index (χ1n) is 4.94. The molecule has 0 bridgehead atoms. The zero-order valence-electron chi connectivity index (χ0n) is 9.03. The Morgan fingerprint density at radius 3 is 2.69 bits per heavy atom. The number of nitrogens with one attached hydrogen (secondary N) is 1. The van der Waals surface area contributed by atoms with E-state index in [-0.39, 0.29) is 11.5 Å². The number of nitrogens with two attached hydrogens (primary N) is 1. The predicted octanol–water partition coefficient (Wildman–Crippen LogP) is 1.72. The van der Waals surface area contributed by atoms with Crippen molar-refractivity contribution in [3.8, 4) is 0 Å². The van der Waals surface area contributed by atoms with Crippen LogP contribution in [0.4, 0.5) is 11.4 Å². The van der Waals surface area contributed by atoms with Crippen LogP contribution in [0.3, 0.4) is 0 Å². The van der Waals surface area contributed by atoms with Gasteiger partial charge in [-0.25, -0.2) is 8.42 Å². The van der Waals surface area contributed by atoms with Crippen LogP contribution < -0.4 is 11.1 Å². The lowest BCUT2D eigenvalue weighted by Crippen LogP contribution is -2.17. The molecule has 0 atom stereocenters. The SMILES string of the molecule is CCS(=O)(=O)CCNc1ccc(I)cc1N. The average Bonchev–Trinajstić information content (AvgIpc) is 2.21. The van der Waals surface area contributed by atoms with Gasteiger partial charge in [-0.1, -0.05) is 6.92 Å². The third-order valence-corrected chi connectivity index (χ3v) is 4.56. The molecule has 0 fully saturated rings. The Morgan fingerprint density at radius 2 is 2.12 bits per heavy atom. The second-order valence-corrected chi connectivity index (χ2v) is 7.11. The molecule has 0 unspecified atom stereocenters. The first-order chi connectivity index (χ1) is 7.44. The van der Waals surface area contributed by atoms with E-state index < -0.39 is 9.84 Å². The molecule has 1 aromatic rings. The maximum Gasteiger partial charge on any atom is 0.151 e. The Morgan fingerprint density at radius 1 is 1.44 bits per heavy atom. The van der Waals surface area contributed by atoms with Crippen molar-refractivity contribution >= 4 is 43.8 Å². The summed E-state index contributed by atoms with van der Waals surface area (Å²) in [6.07, 6.45) is 0. The highest BCUT2D eigenvalue weighted by molar-refractivity contribution is 14.1. The standard InChI is InChI=1S/C10H15IN2O2S/c1-2-16(14,15)6-5-13-10-4-3-8(11)7-9(10)12/h3-4,7,13H,2,5-6,12H2,1H3. The highest BCUT2D eigenvalue weighted by atomic mass is 127. The third-order valence-electron chi connectivity index (χ3n) is 2.18. The van der Waals surface area contributed by atoms with Crippen LogP contribution in [0.2, 0.25) is 0 Å². The van der Waals surface area contributed by atoms with Crippen molar-refractivity contribution in [2.45, 2.75) is 6.92 Å². The molecule has 0 aromatic heterocycles. The van der Waals surface area contributed by atoms with Crippen LogP contribution in [-0.2, 0) is 9.84 Å². The molecule has 0 saturated heterocycles. The first kappa shape index (κ1) is 13.6. The summed E-state index contributed by atoms with van der Waals surface area (Å²) in [6, 6.07) is 5.63. The molecular weight excluding hydrogens is 339 g/mol. The molecule has 0 radical (unpaired) electrons. The van der Waals surface area contributed by atoms with Gasteiger partial charge >= 0.3 is 0 Å². The lowest BCUT2D eigenvalue weighted by molar-refractivity contribution is 0.597. The van der Waals surface area contributed by atoms with Gasteiger partial charge in [-0.3, -0.25) is 0 Å². The van der Waals surface area contributed by atoms with Crippen LogP contribution in [0.1, 0.15) is 6.92 Å². The van der Waals surface area contributed by atoms with Crippen LogP contribution in [0.5, 0.6) is 0 Å². The summed E-state index contributed by atoms with van der Waals surface area (Å²) < 4.78 is 23.6. The number of hydrogen-bond acceptors (Lipinski definition) is 4. The molecule has 0 aliphatic rings. The van der Waals surface area contributed by atoms with Crippen molar-refractivity contribution in [1.82, 2.24) is 0 Å². The summed E-state index contributed by atoms with van der Waals surface area (Å²) in [5.74, 6) is 0.311. The largest absolute Gasteiger partial charge is 0.397 e. The van der Waals surface area contributed by atoms with Gasteiger partial charge in [0.15, 0.2) is 9.84 Å². The fourth-order valence-corrected chi connectivity index (χ4v) is 2.40. The van der Waals surface area contributed by atoms with Crippen molar-refractivity contribution in [3.63, 3.8) is 0 Å². The van der Waals surface area contributed by atoms with E-state index in [2.05, 4.69) is 27.9 Å². The fraction of sp³-hybridized carbons (Fsp3) is 0.400. The Labute approximate surface area is 110 Å². The fourth-order valence-electron chi connectivity index (χ4n) is 1.18. The smallest absolute Gasteiger partial charge is 0.151 e. The molecule has 3 N–H and O–H groups in total. The maximum atomic E-state index is 11.3. The van der Waals surface area contributed by atoms with Gasteiger partial charge in [-0.2, -0.15) is 0 Å². The summed E-state index contributed by atoms with van der Waals surface area (Å²) in [6.45, 7) is 2.04. The van der Waals surface area contributed by atoms with Crippen LogP contribution >= 0.6 is 22.6 Å². The summed E-state index contributed by atoms with van der Waals surface area (Å²) >= 11 is 2.17. The summed E-state index contributed by atoms with van der Waals surface area (Å²) in [5.41, 5.74) is 7.21.